The molecule has 2 rings (SSSR count). The number of hydrogen-bond donors (Lipinski definition) is 0. The first-order chi connectivity index (χ1) is 7.09. The van der Waals surface area contributed by atoms with Crippen LogP contribution in [0.25, 0.3) is 0 Å². The van der Waals surface area contributed by atoms with Crippen LogP contribution in [0.4, 0.5) is 0 Å². The fraction of sp³-hybridized carbons (Fsp3) is 0.636. The Morgan fingerprint density at radius 3 is 2.87 bits per heavy atom. The van der Waals surface area contributed by atoms with Gasteiger partial charge in [0.25, 0.3) is 0 Å². The smallest absolute Gasteiger partial charge is 0.219 e. The third-order valence-corrected chi connectivity index (χ3v) is 3.74. The molecule has 0 aliphatic carbocycles. The fourth-order valence-corrected chi connectivity index (χ4v) is 3.03. The van der Waals surface area contributed by atoms with Crippen LogP contribution >= 0.6 is 11.5 Å². The molecule has 0 radical (unpaired) electrons. The van der Waals surface area contributed by atoms with Gasteiger partial charge in [-0.3, -0.25) is 4.79 Å². The van der Waals surface area contributed by atoms with Gasteiger partial charge in [0.05, 0.1) is 12.2 Å². The summed E-state index contributed by atoms with van der Waals surface area (Å²) in [5.41, 5.74) is 2.63. The zero-order valence-corrected chi connectivity index (χ0v) is 10.2. The number of hydrogen-bond acceptors (Lipinski definition) is 3. The van der Waals surface area contributed by atoms with E-state index < -0.39 is 0 Å². The van der Waals surface area contributed by atoms with Crippen LogP contribution in [-0.4, -0.2) is 21.7 Å². The van der Waals surface area contributed by atoms with Gasteiger partial charge in [0.15, 0.2) is 0 Å². The zero-order chi connectivity index (χ0) is 11.0. The summed E-state index contributed by atoms with van der Waals surface area (Å²) in [7, 11) is 0. The summed E-state index contributed by atoms with van der Waals surface area (Å²) in [5.74, 6) is 0.661. The van der Waals surface area contributed by atoms with Crippen LogP contribution in [0, 0.1) is 0 Å². The second-order valence-electron chi connectivity index (χ2n) is 4.31. The lowest BCUT2D eigenvalue weighted by molar-refractivity contribution is -0.129. The van der Waals surface area contributed by atoms with E-state index in [1.807, 2.05) is 4.90 Å². The summed E-state index contributed by atoms with van der Waals surface area (Å²) in [6, 6.07) is 0. The second-order valence-corrected chi connectivity index (χ2v) is 5.17. The topological polar surface area (TPSA) is 33.2 Å². The number of fused-ring (bicyclic) bond motifs is 1. The predicted octanol–water partition coefficient (Wildman–Crippen LogP) is 2.17. The highest BCUT2D eigenvalue weighted by Crippen LogP contribution is 2.29. The van der Waals surface area contributed by atoms with E-state index in [4.69, 9.17) is 0 Å². The quantitative estimate of drug-likeness (QED) is 0.732. The Morgan fingerprint density at radius 1 is 1.53 bits per heavy atom. The van der Waals surface area contributed by atoms with Gasteiger partial charge in [-0.15, -0.1) is 0 Å². The Bertz CT molecular complexity index is 384. The number of rotatable bonds is 1. The minimum absolute atomic E-state index is 0.167. The number of aromatic nitrogens is 1. The highest BCUT2D eigenvalue weighted by Gasteiger charge is 2.24. The van der Waals surface area contributed by atoms with Crippen molar-refractivity contribution in [3.05, 3.63) is 16.1 Å². The van der Waals surface area contributed by atoms with E-state index in [2.05, 4.69) is 18.2 Å². The van der Waals surface area contributed by atoms with Gasteiger partial charge in [-0.2, -0.15) is 4.37 Å². The molecule has 0 saturated carbocycles. The average molecular weight is 224 g/mol. The van der Waals surface area contributed by atoms with Gasteiger partial charge in [0.2, 0.25) is 5.91 Å². The Hall–Kier alpha value is -0.900. The lowest BCUT2D eigenvalue weighted by Gasteiger charge is -2.25. The zero-order valence-electron chi connectivity index (χ0n) is 9.41. The molecule has 0 fully saturated rings. The van der Waals surface area contributed by atoms with Gasteiger partial charge in [-0.05, 0) is 29.4 Å². The van der Waals surface area contributed by atoms with Gasteiger partial charge in [0, 0.05) is 18.3 Å². The van der Waals surface area contributed by atoms with E-state index in [9.17, 15) is 4.79 Å². The molecule has 15 heavy (non-hydrogen) atoms. The molecule has 0 N–H and O–H groups in total. The van der Waals surface area contributed by atoms with Gasteiger partial charge in [0.1, 0.15) is 0 Å². The van der Waals surface area contributed by atoms with Crippen LogP contribution in [0.5, 0.6) is 0 Å². The molecule has 82 valence electrons. The maximum Gasteiger partial charge on any atom is 0.219 e. The Balaban J connectivity index is 2.26. The number of carbonyl (C=O) groups excluding carboxylic acids is 1. The standard InChI is InChI=1S/C11H16N2OS/c1-7(2)11-9-4-5-13(8(3)14)6-10(9)15-12-11/h7H,4-6H2,1-3H3. The van der Waals surface area contributed by atoms with E-state index in [1.54, 1.807) is 18.5 Å². The average Bonchev–Trinajstić information content (AvgIpc) is 2.59. The molecule has 0 spiro atoms. The molecule has 1 aliphatic heterocycles. The summed E-state index contributed by atoms with van der Waals surface area (Å²) >= 11 is 1.56. The van der Waals surface area contributed by atoms with Crippen LogP contribution in [0.2, 0.25) is 0 Å². The highest BCUT2D eigenvalue weighted by atomic mass is 32.1. The van der Waals surface area contributed by atoms with Crippen molar-refractivity contribution in [2.24, 2.45) is 0 Å². The first kappa shape index (κ1) is 10.6. The highest BCUT2D eigenvalue weighted by molar-refractivity contribution is 7.06. The van der Waals surface area contributed by atoms with E-state index in [1.165, 1.54) is 16.1 Å². The summed E-state index contributed by atoms with van der Waals surface area (Å²) in [5, 5.41) is 0. The fourth-order valence-electron chi connectivity index (χ4n) is 1.97. The number of amides is 1. The third kappa shape index (κ3) is 1.91. The van der Waals surface area contributed by atoms with Crippen molar-refractivity contribution in [3.63, 3.8) is 0 Å². The van der Waals surface area contributed by atoms with Crippen molar-refractivity contribution in [2.75, 3.05) is 6.54 Å². The van der Waals surface area contributed by atoms with Crippen molar-refractivity contribution >= 4 is 17.4 Å². The second kappa shape index (κ2) is 3.93. The Morgan fingerprint density at radius 2 is 2.27 bits per heavy atom. The molecule has 1 amide bonds. The summed E-state index contributed by atoms with van der Waals surface area (Å²) in [4.78, 5) is 14.4. The van der Waals surface area contributed by atoms with Crippen molar-refractivity contribution in [3.8, 4) is 0 Å². The molecule has 0 atom stereocenters. The number of carbonyl (C=O) groups is 1. The molecule has 1 aromatic rings. The van der Waals surface area contributed by atoms with Crippen LogP contribution in [0.1, 0.15) is 42.8 Å². The lowest BCUT2D eigenvalue weighted by atomic mass is 9.99. The summed E-state index contributed by atoms with van der Waals surface area (Å²) in [6.45, 7) is 7.59. The molecular weight excluding hydrogens is 208 g/mol. The van der Waals surface area contributed by atoms with Crippen molar-refractivity contribution in [1.29, 1.82) is 0 Å². The number of nitrogens with zero attached hydrogens (tertiary/aromatic N) is 2. The van der Waals surface area contributed by atoms with Gasteiger partial charge < -0.3 is 4.90 Å². The first-order valence-corrected chi connectivity index (χ1v) is 6.09. The van der Waals surface area contributed by atoms with E-state index in [0.717, 1.165) is 19.5 Å². The van der Waals surface area contributed by atoms with Crippen LogP contribution in [0.15, 0.2) is 0 Å². The minimum atomic E-state index is 0.167. The van der Waals surface area contributed by atoms with E-state index in [-0.39, 0.29) is 5.91 Å². The maximum atomic E-state index is 11.3. The van der Waals surface area contributed by atoms with Gasteiger partial charge >= 0.3 is 0 Å². The minimum Gasteiger partial charge on any atom is -0.337 e. The first-order valence-electron chi connectivity index (χ1n) is 5.32. The molecule has 0 aromatic carbocycles. The van der Waals surface area contributed by atoms with Crippen LogP contribution in [-0.2, 0) is 17.8 Å². The molecule has 1 aliphatic rings. The third-order valence-electron chi connectivity index (χ3n) is 2.86. The molecule has 0 saturated heterocycles. The molecule has 0 bridgehead atoms. The SMILES string of the molecule is CC(=O)N1CCc2c(C(C)C)nsc2C1. The molecular formula is C11H16N2OS. The summed E-state index contributed by atoms with van der Waals surface area (Å²) in [6.07, 6.45) is 0.971. The monoisotopic (exact) mass is 224 g/mol. The molecule has 1 aromatic heterocycles. The van der Waals surface area contributed by atoms with Crippen molar-refractivity contribution in [1.82, 2.24) is 9.27 Å². The molecule has 0 unspecified atom stereocenters. The Kier molecular flexibility index (Phi) is 2.78. The van der Waals surface area contributed by atoms with Crippen LogP contribution < -0.4 is 0 Å². The van der Waals surface area contributed by atoms with Crippen LogP contribution in [0.3, 0.4) is 0 Å². The summed E-state index contributed by atoms with van der Waals surface area (Å²) < 4.78 is 4.49. The van der Waals surface area contributed by atoms with E-state index in [0.29, 0.717) is 5.92 Å². The molecule has 3 nitrogen and oxygen atoms in total. The lowest BCUT2D eigenvalue weighted by Crippen LogP contribution is -2.33. The predicted molar refractivity (Wildman–Crippen MR) is 61.0 cm³/mol. The van der Waals surface area contributed by atoms with Crippen molar-refractivity contribution < 1.29 is 4.79 Å². The molecule has 4 heteroatoms. The molecule has 2 heterocycles. The van der Waals surface area contributed by atoms with E-state index >= 15 is 0 Å². The normalized spacial score (nSPS) is 15.6. The van der Waals surface area contributed by atoms with Crippen molar-refractivity contribution in [2.45, 2.75) is 39.7 Å². The largest absolute Gasteiger partial charge is 0.337 e. The van der Waals surface area contributed by atoms with Gasteiger partial charge in [-0.1, -0.05) is 13.8 Å². The Labute approximate surface area is 94.3 Å². The van der Waals surface area contributed by atoms with Gasteiger partial charge in [-0.25, -0.2) is 0 Å². The maximum absolute atomic E-state index is 11.3.